The lowest BCUT2D eigenvalue weighted by Crippen LogP contribution is -2.50. The van der Waals surface area contributed by atoms with Gasteiger partial charge in [0, 0.05) is 51.2 Å². The fourth-order valence-corrected chi connectivity index (χ4v) is 2.92. The van der Waals surface area contributed by atoms with Crippen molar-refractivity contribution in [2.75, 3.05) is 19.6 Å². The number of aryl methyl sites for hydroxylation is 1. The molecule has 1 unspecified atom stereocenters. The van der Waals surface area contributed by atoms with Gasteiger partial charge in [0.1, 0.15) is 18.4 Å². The lowest BCUT2D eigenvalue weighted by molar-refractivity contribution is -0.385. The Labute approximate surface area is 142 Å². The highest BCUT2D eigenvalue weighted by Gasteiger charge is 2.30. The highest BCUT2D eigenvalue weighted by Crippen LogP contribution is 2.20. The number of rotatable bonds is 4. The maximum atomic E-state index is 12.7. The van der Waals surface area contributed by atoms with E-state index in [4.69, 9.17) is 0 Å². The third-order valence-corrected chi connectivity index (χ3v) is 4.20. The van der Waals surface area contributed by atoms with Gasteiger partial charge in [-0.15, -0.1) is 0 Å². The van der Waals surface area contributed by atoms with Crippen LogP contribution in [0.5, 0.6) is 0 Å². The minimum atomic E-state index is -0.595. The number of piperazine rings is 1. The van der Waals surface area contributed by atoms with Crippen LogP contribution in [-0.2, 0) is 18.4 Å². The van der Waals surface area contributed by atoms with Crippen LogP contribution in [0.3, 0.4) is 0 Å². The van der Waals surface area contributed by atoms with Crippen molar-refractivity contribution in [3.8, 4) is 0 Å². The summed E-state index contributed by atoms with van der Waals surface area (Å²) >= 11 is 0. The monoisotopic (exact) mass is 346 g/mol. The average molecular weight is 346 g/mol. The number of nitrogens with one attached hydrogen (secondary N) is 1. The van der Waals surface area contributed by atoms with Gasteiger partial charge in [0.25, 0.3) is 11.2 Å². The van der Waals surface area contributed by atoms with Gasteiger partial charge in [-0.2, -0.15) is 0 Å². The van der Waals surface area contributed by atoms with Gasteiger partial charge in [0.15, 0.2) is 0 Å². The fourth-order valence-electron chi connectivity index (χ4n) is 2.92. The molecule has 132 valence electrons. The number of carbonyl (C=O) groups excluding carboxylic acids is 1. The summed E-state index contributed by atoms with van der Waals surface area (Å²) in [5, 5.41) is 14.1. The molecule has 1 amide bonds. The lowest BCUT2D eigenvalue weighted by Gasteiger charge is -2.35. The first-order chi connectivity index (χ1) is 12.0. The Morgan fingerprint density at radius 1 is 1.48 bits per heavy atom. The first-order valence-electron chi connectivity index (χ1n) is 7.79. The Balaban J connectivity index is 1.84. The molecule has 10 heteroatoms. The van der Waals surface area contributed by atoms with Crippen LogP contribution in [0.4, 0.5) is 5.69 Å². The zero-order valence-corrected chi connectivity index (χ0v) is 13.7. The first-order valence-corrected chi connectivity index (χ1v) is 7.79. The second-order valence-corrected chi connectivity index (χ2v) is 5.81. The largest absolute Gasteiger partial charge is 0.336 e. The number of hydrogen-bond acceptors (Lipinski definition) is 6. The number of pyridine rings is 1. The lowest BCUT2D eigenvalue weighted by atomic mass is 10.1. The molecule has 1 aliphatic heterocycles. The third-order valence-electron chi connectivity index (χ3n) is 4.20. The predicted octanol–water partition coefficient (Wildman–Crippen LogP) is -0.337. The van der Waals surface area contributed by atoms with Crippen molar-refractivity contribution in [1.82, 2.24) is 24.3 Å². The number of nitro groups is 1. The van der Waals surface area contributed by atoms with E-state index in [0.29, 0.717) is 19.6 Å². The number of nitrogens with zero attached hydrogens (tertiary/aromatic N) is 5. The molecule has 1 aliphatic rings. The topological polar surface area (TPSA) is 115 Å². The summed E-state index contributed by atoms with van der Waals surface area (Å²) in [6.45, 7) is 1.42. The second-order valence-electron chi connectivity index (χ2n) is 5.81. The van der Waals surface area contributed by atoms with Crippen molar-refractivity contribution < 1.29 is 9.72 Å². The number of hydrogen-bond donors (Lipinski definition) is 1. The molecule has 3 rings (SSSR count). The van der Waals surface area contributed by atoms with E-state index in [2.05, 4.69) is 10.3 Å². The third kappa shape index (κ3) is 3.43. The van der Waals surface area contributed by atoms with Gasteiger partial charge in [-0.25, -0.2) is 4.98 Å². The van der Waals surface area contributed by atoms with Gasteiger partial charge in [0.05, 0.1) is 11.1 Å². The number of imidazole rings is 1. The quantitative estimate of drug-likeness (QED) is 0.598. The summed E-state index contributed by atoms with van der Waals surface area (Å²) in [6, 6.07) is 1.97. The van der Waals surface area contributed by atoms with E-state index >= 15 is 0 Å². The molecule has 1 saturated heterocycles. The van der Waals surface area contributed by atoms with E-state index < -0.39 is 10.5 Å². The van der Waals surface area contributed by atoms with Crippen molar-refractivity contribution in [1.29, 1.82) is 0 Å². The molecular formula is C15H18N6O4. The molecule has 1 atom stereocenters. The first kappa shape index (κ1) is 16.8. The molecule has 2 aromatic rings. The Kier molecular flexibility index (Phi) is 4.61. The van der Waals surface area contributed by atoms with Crippen molar-refractivity contribution in [2.45, 2.75) is 12.6 Å². The van der Waals surface area contributed by atoms with Crippen LogP contribution in [0.2, 0.25) is 0 Å². The zero-order chi connectivity index (χ0) is 18.0. The summed E-state index contributed by atoms with van der Waals surface area (Å²) in [6.07, 6.45) is 4.56. The van der Waals surface area contributed by atoms with Gasteiger partial charge >= 0.3 is 0 Å². The molecule has 10 nitrogen and oxygen atoms in total. The highest BCUT2D eigenvalue weighted by atomic mass is 16.6. The summed E-state index contributed by atoms with van der Waals surface area (Å²) in [4.78, 5) is 40.9. The second kappa shape index (κ2) is 6.85. The van der Waals surface area contributed by atoms with Crippen LogP contribution >= 0.6 is 0 Å². The van der Waals surface area contributed by atoms with E-state index in [-0.39, 0.29) is 24.2 Å². The Bertz CT molecular complexity index is 858. The standard InChI is InChI=1S/C15H18N6O4/c1-18-6-5-17-15(18)12-8-16-4-7-20(12)14(23)10-19-9-11(21(24)25)2-3-13(19)22/h2-3,5-6,9,12,16H,4,7-8,10H2,1H3. The molecular weight excluding hydrogens is 328 g/mol. The summed E-state index contributed by atoms with van der Waals surface area (Å²) in [5.74, 6) is 0.462. The number of aromatic nitrogens is 3. The Morgan fingerprint density at radius 3 is 2.96 bits per heavy atom. The zero-order valence-electron chi connectivity index (χ0n) is 13.7. The number of carbonyl (C=O) groups is 1. The molecule has 0 aromatic carbocycles. The van der Waals surface area contributed by atoms with Gasteiger partial charge in [-0.05, 0) is 0 Å². The van der Waals surface area contributed by atoms with Crippen molar-refractivity contribution >= 4 is 11.6 Å². The molecule has 0 aliphatic carbocycles. The maximum Gasteiger partial charge on any atom is 0.285 e. The van der Waals surface area contributed by atoms with Crippen LogP contribution in [0, 0.1) is 10.1 Å². The van der Waals surface area contributed by atoms with Crippen LogP contribution in [0.15, 0.2) is 35.5 Å². The van der Waals surface area contributed by atoms with Gasteiger partial charge < -0.3 is 14.8 Å². The molecule has 0 spiro atoms. The van der Waals surface area contributed by atoms with Gasteiger partial charge in [0.2, 0.25) is 5.91 Å². The summed E-state index contributed by atoms with van der Waals surface area (Å²) in [7, 11) is 1.85. The SMILES string of the molecule is Cn1ccnc1C1CNCCN1C(=O)Cn1cc([N+](=O)[O-])ccc1=O. The molecule has 25 heavy (non-hydrogen) atoms. The molecule has 1 fully saturated rings. The summed E-state index contributed by atoms with van der Waals surface area (Å²) < 4.78 is 2.91. The van der Waals surface area contributed by atoms with E-state index in [1.807, 2.05) is 11.6 Å². The molecule has 3 heterocycles. The minimum absolute atomic E-state index is 0.228. The molecule has 2 aromatic heterocycles. The summed E-state index contributed by atoms with van der Waals surface area (Å²) in [5.41, 5.74) is -0.684. The van der Waals surface area contributed by atoms with E-state index in [1.165, 1.54) is 0 Å². The minimum Gasteiger partial charge on any atom is -0.336 e. The molecule has 0 saturated carbocycles. The van der Waals surface area contributed by atoms with Crippen molar-refractivity contribution in [3.63, 3.8) is 0 Å². The fraction of sp³-hybridized carbons (Fsp3) is 0.400. The highest BCUT2D eigenvalue weighted by molar-refractivity contribution is 5.76. The van der Waals surface area contributed by atoms with Crippen LogP contribution in [0.1, 0.15) is 11.9 Å². The molecule has 0 radical (unpaired) electrons. The van der Waals surface area contributed by atoms with E-state index in [9.17, 15) is 19.7 Å². The Hall–Kier alpha value is -3.01. The van der Waals surface area contributed by atoms with Crippen LogP contribution in [0.25, 0.3) is 0 Å². The molecule has 1 N–H and O–H groups in total. The van der Waals surface area contributed by atoms with Crippen molar-refractivity contribution in [2.24, 2.45) is 7.05 Å². The average Bonchev–Trinajstić information content (AvgIpc) is 3.02. The number of amides is 1. The maximum absolute atomic E-state index is 12.7. The van der Waals surface area contributed by atoms with Gasteiger partial charge in [-0.1, -0.05) is 0 Å². The Morgan fingerprint density at radius 2 is 2.28 bits per heavy atom. The van der Waals surface area contributed by atoms with Crippen LogP contribution in [-0.4, -0.2) is 49.5 Å². The van der Waals surface area contributed by atoms with Gasteiger partial charge in [-0.3, -0.25) is 24.3 Å². The normalized spacial score (nSPS) is 17.5. The van der Waals surface area contributed by atoms with E-state index in [1.54, 1.807) is 17.3 Å². The van der Waals surface area contributed by atoms with Crippen LogP contribution < -0.4 is 10.9 Å². The van der Waals surface area contributed by atoms with E-state index in [0.717, 1.165) is 28.7 Å². The smallest absolute Gasteiger partial charge is 0.285 e. The van der Waals surface area contributed by atoms with Crippen molar-refractivity contribution in [3.05, 3.63) is 57.0 Å². The molecule has 0 bridgehead atoms. The predicted molar refractivity (Wildman–Crippen MR) is 87.9 cm³/mol.